The molecule has 3 rings (SSSR count). The third kappa shape index (κ3) is 2.51. The molecule has 0 fully saturated rings. The predicted octanol–water partition coefficient (Wildman–Crippen LogP) is 3.74. The maximum atomic E-state index is 6.06. The Bertz CT molecular complexity index is 762. The molecular formula is C16H17N3S. The second kappa shape index (κ2) is 5.21. The number of nitrogen functional groups attached to an aromatic ring is 1. The van der Waals surface area contributed by atoms with Gasteiger partial charge in [0.2, 0.25) is 0 Å². The summed E-state index contributed by atoms with van der Waals surface area (Å²) in [4.78, 5) is 11.4. The zero-order valence-corrected chi connectivity index (χ0v) is 12.5. The predicted molar refractivity (Wildman–Crippen MR) is 85.2 cm³/mol. The van der Waals surface area contributed by atoms with Crippen molar-refractivity contribution < 1.29 is 0 Å². The molecule has 0 aliphatic heterocycles. The molecule has 2 aromatic heterocycles. The molecule has 2 heterocycles. The van der Waals surface area contributed by atoms with Crippen molar-refractivity contribution in [3.8, 4) is 0 Å². The van der Waals surface area contributed by atoms with E-state index < -0.39 is 0 Å². The molecule has 20 heavy (non-hydrogen) atoms. The molecule has 4 heteroatoms. The van der Waals surface area contributed by atoms with E-state index in [-0.39, 0.29) is 0 Å². The number of nitrogens with zero attached hydrogens (tertiary/aromatic N) is 2. The molecule has 0 saturated heterocycles. The molecule has 0 unspecified atom stereocenters. The van der Waals surface area contributed by atoms with E-state index in [1.807, 2.05) is 0 Å². The van der Waals surface area contributed by atoms with Gasteiger partial charge in [0.05, 0.1) is 5.39 Å². The van der Waals surface area contributed by atoms with E-state index >= 15 is 0 Å². The minimum absolute atomic E-state index is 0.591. The van der Waals surface area contributed by atoms with Crippen molar-refractivity contribution >= 4 is 27.4 Å². The average Bonchev–Trinajstić information content (AvgIpc) is 2.82. The number of fused-ring (bicyclic) bond motifs is 1. The highest BCUT2D eigenvalue weighted by molar-refractivity contribution is 7.18. The van der Waals surface area contributed by atoms with E-state index in [9.17, 15) is 0 Å². The van der Waals surface area contributed by atoms with E-state index in [1.165, 1.54) is 16.0 Å². The average molecular weight is 283 g/mol. The van der Waals surface area contributed by atoms with Crippen molar-refractivity contribution in [3.05, 3.63) is 52.2 Å². The molecule has 3 aromatic rings. The van der Waals surface area contributed by atoms with Crippen molar-refractivity contribution in [2.24, 2.45) is 0 Å². The number of aryl methyl sites for hydroxylation is 2. The van der Waals surface area contributed by atoms with Crippen LogP contribution in [0.15, 0.2) is 30.3 Å². The number of rotatable bonds is 3. The number of anilines is 1. The largest absolute Gasteiger partial charge is 0.383 e. The van der Waals surface area contributed by atoms with E-state index in [2.05, 4.69) is 54.1 Å². The van der Waals surface area contributed by atoms with Gasteiger partial charge in [-0.15, -0.1) is 11.3 Å². The van der Waals surface area contributed by atoms with Gasteiger partial charge < -0.3 is 5.73 Å². The molecule has 2 N–H and O–H groups in total. The fourth-order valence-corrected chi connectivity index (χ4v) is 3.29. The summed E-state index contributed by atoms with van der Waals surface area (Å²) in [7, 11) is 0. The van der Waals surface area contributed by atoms with Gasteiger partial charge in [-0.05, 0) is 25.0 Å². The normalized spacial score (nSPS) is 11.1. The first-order chi connectivity index (χ1) is 9.65. The molecule has 1 aromatic carbocycles. The van der Waals surface area contributed by atoms with Crippen LogP contribution in [0.5, 0.6) is 0 Å². The SMILES string of the molecule is CCc1cc2c(N)nc(Cc3cccc(C)c3)nc2s1. The molecule has 0 radical (unpaired) electrons. The summed E-state index contributed by atoms with van der Waals surface area (Å²) in [6.45, 7) is 4.23. The summed E-state index contributed by atoms with van der Waals surface area (Å²) in [5.41, 5.74) is 8.53. The van der Waals surface area contributed by atoms with Crippen LogP contribution in [0.1, 0.15) is 28.8 Å². The third-order valence-electron chi connectivity index (χ3n) is 3.31. The summed E-state index contributed by atoms with van der Waals surface area (Å²) in [5.74, 6) is 1.39. The summed E-state index contributed by atoms with van der Waals surface area (Å²) in [6, 6.07) is 10.5. The first kappa shape index (κ1) is 13.1. The molecule has 0 saturated carbocycles. The van der Waals surface area contributed by atoms with Gasteiger partial charge in [0.15, 0.2) is 0 Å². The Kier molecular flexibility index (Phi) is 3.40. The lowest BCUT2D eigenvalue weighted by molar-refractivity contribution is 1.00. The first-order valence-electron chi connectivity index (χ1n) is 6.76. The Labute approximate surface area is 122 Å². The Morgan fingerprint density at radius 2 is 2.05 bits per heavy atom. The van der Waals surface area contributed by atoms with E-state index in [0.717, 1.165) is 28.9 Å². The molecule has 0 amide bonds. The third-order valence-corrected chi connectivity index (χ3v) is 4.49. The smallest absolute Gasteiger partial charge is 0.136 e. The van der Waals surface area contributed by atoms with Crippen LogP contribution in [-0.2, 0) is 12.8 Å². The number of nitrogens with two attached hydrogens (primary N) is 1. The number of aromatic nitrogens is 2. The van der Waals surface area contributed by atoms with Gasteiger partial charge in [-0.25, -0.2) is 9.97 Å². The van der Waals surface area contributed by atoms with E-state index in [4.69, 9.17) is 5.73 Å². The van der Waals surface area contributed by atoms with Gasteiger partial charge in [-0.3, -0.25) is 0 Å². The molecule has 0 atom stereocenters. The molecule has 102 valence electrons. The van der Waals surface area contributed by atoms with Gasteiger partial charge >= 0.3 is 0 Å². The highest BCUT2D eigenvalue weighted by atomic mass is 32.1. The zero-order chi connectivity index (χ0) is 14.1. The Balaban J connectivity index is 1.99. The van der Waals surface area contributed by atoms with Crippen LogP contribution in [0.25, 0.3) is 10.2 Å². The van der Waals surface area contributed by atoms with Crippen LogP contribution in [0.4, 0.5) is 5.82 Å². The Morgan fingerprint density at radius 1 is 1.20 bits per heavy atom. The number of hydrogen-bond acceptors (Lipinski definition) is 4. The number of hydrogen-bond donors (Lipinski definition) is 1. The highest BCUT2D eigenvalue weighted by Crippen LogP contribution is 2.28. The minimum atomic E-state index is 0.591. The zero-order valence-electron chi connectivity index (χ0n) is 11.7. The first-order valence-corrected chi connectivity index (χ1v) is 7.57. The number of thiophene rings is 1. The van der Waals surface area contributed by atoms with Gasteiger partial charge in [-0.2, -0.15) is 0 Å². The van der Waals surface area contributed by atoms with Crippen molar-refractivity contribution in [3.63, 3.8) is 0 Å². The summed E-state index contributed by atoms with van der Waals surface area (Å²) < 4.78 is 0. The van der Waals surface area contributed by atoms with E-state index in [0.29, 0.717) is 5.82 Å². The van der Waals surface area contributed by atoms with Crippen LogP contribution in [0.2, 0.25) is 0 Å². The Morgan fingerprint density at radius 3 is 2.80 bits per heavy atom. The fraction of sp³-hybridized carbons (Fsp3) is 0.250. The molecule has 3 nitrogen and oxygen atoms in total. The van der Waals surface area contributed by atoms with Gasteiger partial charge in [0.1, 0.15) is 16.5 Å². The van der Waals surface area contributed by atoms with Gasteiger partial charge in [0, 0.05) is 11.3 Å². The van der Waals surface area contributed by atoms with Crippen molar-refractivity contribution in [1.29, 1.82) is 0 Å². The van der Waals surface area contributed by atoms with Crippen LogP contribution in [0, 0.1) is 6.92 Å². The summed E-state index contributed by atoms with van der Waals surface area (Å²) in [5, 5.41) is 0.986. The molecule has 0 aliphatic carbocycles. The van der Waals surface area contributed by atoms with Crippen LogP contribution >= 0.6 is 11.3 Å². The maximum Gasteiger partial charge on any atom is 0.136 e. The van der Waals surface area contributed by atoms with Gasteiger partial charge in [0.25, 0.3) is 0 Å². The molecule has 0 spiro atoms. The number of benzene rings is 1. The lowest BCUT2D eigenvalue weighted by atomic mass is 10.1. The lowest BCUT2D eigenvalue weighted by Crippen LogP contribution is -2.00. The topological polar surface area (TPSA) is 51.8 Å². The summed E-state index contributed by atoms with van der Waals surface area (Å²) in [6.07, 6.45) is 1.73. The van der Waals surface area contributed by atoms with Crippen LogP contribution < -0.4 is 5.73 Å². The standard InChI is InChI=1S/C16H17N3S/c1-3-12-9-13-15(17)18-14(19-16(13)20-12)8-11-6-4-5-10(2)7-11/h4-7,9H,3,8H2,1-2H3,(H2,17,18,19). The van der Waals surface area contributed by atoms with Crippen LogP contribution in [0.3, 0.4) is 0 Å². The molecular weight excluding hydrogens is 266 g/mol. The monoisotopic (exact) mass is 283 g/mol. The maximum absolute atomic E-state index is 6.06. The van der Waals surface area contributed by atoms with Gasteiger partial charge in [-0.1, -0.05) is 36.8 Å². The molecule has 0 bridgehead atoms. The van der Waals surface area contributed by atoms with E-state index in [1.54, 1.807) is 11.3 Å². The van der Waals surface area contributed by atoms with Crippen LogP contribution in [-0.4, -0.2) is 9.97 Å². The summed E-state index contributed by atoms with van der Waals surface area (Å²) >= 11 is 1.71. The molecule has 0 aliphatic rings. The minimum Gasteiger partial charge on any atom is -0.383 e. The second-order valence-corrected chi connectivity index (χ2v) is 6.09. The van der Waals surface area contributed by atoms with Crippen molar-refractivity contribution in [2.75, 3.05) is 5.73 Å². The Hall–Kier alpha value is -1.94. The highest BCUT2D eigenvalue weighted by Gasteiger charge is 2.09. The van der Waals surface area contributed by atoms with Crippen molar-refractivity contribution in [1.82, 2.24) is 9.97 Å². The quantitative estimate of drug-likeness (QED) is 0.796. The fourth-order valence-electron chi connectivity index (χ4n) is 2.30. The second-order valence-electron chi connectivity index (χ2n) is 4.98. The van der Waals surface area contributed by atoms with Crippen molar-refractivity contribution in [2.45, 2.75) is 26.7 Å². The lowest BCUT2D eigenvalue weighted by Gasteiger charge is -2.03.